The van der Waals surface area contributed by atoms with Crippen LogP contribution >= 0.6 is 0 Å². The molecule has 1 rings (SSSR count). The van der Waals surface area contributed by atoms with Crippen LogP contribution in [-0.4, -0.2) is 26.8 Å². The maximum absolute atomic E-state index is 12.0. The quantitative estimate of drug-likeness (QED) is 0.689. The van der Waals surface area contributed by atoms with Crippen molar-refractivity contribution in [3.05, 3.63) is 29.8 Å². The molecule has 0 saturated carbocycles. The Balaban J connectivity index is 2.41. The van der Waals surface area contributed by atoms with E-state index in [-0.39, 0.29) is 5.75 Å². The molecule has 0 aliphatic carbocycles. The fourth-order valence-corrected chi connectivity index (χ4v) is 3.07. The van der Waals surface area contributed by atoms with Crippen molar-refractivity contribution in [3.63, 3.8) is 0 Å². The van der Waals surface area contributed by atoms with Gasteiger partial charge >= 0.3 is 0 Å². The summed E-state index contributed by atoms with van der Waals surface area (Å²) in [6.07, 6.45) is 2.44. The molecular weight excluding hydrogens is 272 g/mol. The van der Waals surface area contributed by atoms with Crippen molar-refractivity contribution in [1.29, 1.82) is 0 Å². The molecule has 2 N–H and O–H groups in total. The van der Waals surface area contributed by atoms with Gasteiger partial charge in [-0.05, 0) is 43.5 Å². The first-order valence-corrected chi connectivity index (χ1v) is 8.91. The van der Waals surface area contributed by atoms with Gasteiger partial charge in [-0.1, -0.05) is 32.9 Å². The highest BCUT2D eigenvalue weighted by molar-refractivity contribution is 7.92. The summed E-state index contributed by atoms with van der Waals surface area (Å²) in [6, 6.07) is 7.99. The number of anilines is 1. The van der Waals surface area contributed by atoms with Gasteiger partial charge < -0.3 is 5.32 Å². The van der Waals surface area contributed by atoms with Crippen molar-refractivity contribution in [2.24, 2.45) is 0 Å². The van der Waals surface area contributed by atoms with Crippen molar-refractivity contribution in [1.82, 2.24) is 5.32 Å². The average molecular weight is 298 g/mol. The number of hydrogen-bond acceptors (Lipinski definition) is 3. The first-order chi connectivity index (χ1) is 9.43. The summed E-state index contributed by atoms with van der Waals surface area (Å²) in [6.45, 7) is 7.08. The van der Waals surface area contributed by atoms with Crippen LogP contribution in [0.4, 0.5) is 5.69 Å². The Kier molecular flexibility index (Phi) is 7.02. The molecule has 0 atom stereocenters. The Bertz CT molecular complexity index is 498. The summed E-state index contributed by atoms with van der Waals surface area (Å²) in [5, 5.41) is 3.28. The van der Waals surface area contributed by atoms with Crippen molar-refractivity contribution < 1.29 is 8.42 Å². The van der Waals surface area contributed by atoms with Gasteiger partial charge in [0.05, 0.1) is 5.75 Å². The molecule has 20 heavy (non-hydrogen) atoms. The minimum absolute atomic E-state index is 0.170. The van der Waals surface area contributed by atoms with Crippen molar-refractivity contribution in [2.75, 3.05) is 17.0 Å². The molecule has 0 radical (unpaired) electrons. The van der Waals surface area contributed by atoms with E-state index in [1.807, 2.05) is 18.2 Å². The zero-order valence-electron chi connectivity index (χ0n) is 12.6. The van der Waals surface area contributed by atoms with Crippen LogP contribution < -0.4 is 10.0 Å². The lowest BCUT2D eigenvalue weighted by molar-refractivity contribution is 0.561. The third kappa shape index (κ3) is 6.91. The van der Waals surface area contributed by atoms with Crippen molar-refractivity contribution in [2.45, 2.75) is 46.1 Å². The summed E-state index contributed by atoms with van der Waals surface area (Å²) in [4.78, 5) is 0. The second-order valence-electron chi connectivity index (χ2n) is 5.29. The molecular formula is C15H26N2O2S. The van der Waals surface area contributed by atoms with Crippen LogP contribution in [0.1, 0.15) is 39.2 Å². The van der Waals surface area contributed by atoms with Gasteiger partial charge in [-0.15, -0.1) is 0 Å². The molecule has 0 aliphatic heterocycles. The van der Waals surface area contributed by atoms with E-state index >= 15 is 0 Å². The highest BCUT2D eigenvalue weighted by Crippen LogP contribution is 2.13. The molecule has 0 fully saturated rings. The van der Waals surface area contributed by atoms with Gasteiger partial charge in [0.2, 0.25) is 10.0 Å². The zero-order valence-corrected chi connectivity index (χ0v) is 13.5. The number of benzene rings is 1. The minimum atomic E-state index is -3.24. The normalized spacial score (nSPS) is 11.8. The predicted octanol–water partition coefficient (Wildman–Crippen LogP) is 2.77. The number of rotatable bonds is 9. The topological polar surface area (TPSA) is 58.2 Å². The van der Waals surface area contributed by atoms with E-state index < -0.39 is 10.0 Å². The van der Waals surface area contributed by atoms with E-state index in [2.05, 4.69) is 30.8 Å². The van der Waals surface area contributed by atoms with E-state index in [1.54, 1.807) is 6.07 Å². The van der Waals surface area contributed by atoms with Gasteiger partial charge in [0.25, 0.3) is 0 Å². The van der Waals surface area contributed by atoms with Gasteiger partial charge in [0.15, 0.2) is 0 Å². The van der Waals surface area contributed by atoms with Gasteiger partial charge in [-0.3, -0.25) is 4.72 Å². The Morgan fingerprint density at radius 1 is 1.20 bits per heavy atom. The highest BCUT2D eigenvalue weighted by Gasteiger charge is 2.10. The minimum Gasteiger partial charge on any atom is -0.315 e. The van der Waals surface area contributed by atoms with E-state index in [4.69, 9.17) is 0 Å². The molecule has 114 valence electrons. The Morgan fingerprint density at radius 2 is 1.95 bits per heavy atom. The molecule has 0 bridgehead atoms. The van der Waals surface area contributed by atoms with Crippen LogP contribution in [-0.2, 0) is 16.4 Å². The Hall–Kier alpha value is -1.07. The Labute approximate surface area is 123 Å². The van der Waals surface area contributed by atoms with Crippen LogP contribution in [0.15, 0.2) is 24.3 Å². The highest BCUT2D eigenvalue weighted by atomic mass is 32.2. The third-order valence-electron chi connectivity index (χ3n) is 3.00. The molecule has 5 heteroatoms. The van der Waals surface area contributed by atoms with E-state index in [0.717, 1.165) is 24.9 Å². The first-order valence-electron chi connectivity index (χ1n) is 7.26. The van der Waals surface area contributed by atoms with E-state index in [1.165, 1.54) is 0 Å². The number of nitrogens with one attached hydrogen (secondary N) is 2. The predicted molar refractivity (Wildman–Crippen MR) is 85.6 cm³/mol. The summed E-state index contributed by atoms with van der Waals surface area (Å²) in [7, 11) is -3.24. The first kappa shape index (κ1) is 17.0. The summed E-state index contributed by atoms with van der Waals surface area (Å²) in [5.41, 5.74) is 1.79. The van der Waals surface area contributed by atoms with E-state index in [0.29, 0.717) is 18.2 Å². The molecule has 0 heterocycles. The Morgan fingerprint density at radius 3 is 2.60 bits per heavy atom. The zero-order chi connectivity index (χ0) is 15.0. The monoisotopic (exact) mass is 298 g/mol. The maximum atomic E-state index is 12.0. The lowest BCUT2D eigenvalue weighted by Gasteiger charge is -2.10. The fourth-order valence-electron chi connectivity index (χ4n) is 1.89. The molecule has 0 saturated heterocycles. The van der Waals surface area contributed by atoms with Gasteiger partial charge in [0, 0.05) is 11.7 Å². The smallest absolute Gasteiger partial charge is 0.232 e. The molecule has 1 aromatic carbocycles. The standard InChI is InChI=1S/C15H26N2O2S/c1-4-14-8-7-9-15(12-14)17-20(18,19)11-6-5-10-16-13(2)3/h7-9,12-13,16-17H,4-6,10-11H2,1-3H3. The molecule has 0 unspecified atom stereocenters. The molecule has 4 nitrogen and oxygen atoms in total. The SMILES string of the molecule is CCc1cccc(NS(=O)(=O)CCCCNC(C)C)c1. The lowest BCUT2D eigenvalue weighted by atomic mass is 10.1. The number of sulfonamides is 1. The van der Waals surface area contributed by atoms with Gasteiger partial charge in [0.1, 0.15) is 0 Å². The van der Waals surface area contributed by atoms with Crippen LogP contribution in [0.25, 0.3) is 0 Å². The lowest BCUT2D eigenvalue weighted by Crippen LogP contribution is -2.24. The molecule has 0 amide bonds. The van der Waals surface area contributed by atoms with Crippen LogP contribution in [0.2, 0.25) is 0 Å². The molecule has 0 aliphatic rings. The molecule has 1 aromatic rings. The largest absolute Gasteiger partial charge is 0.315 e. The average Bonchev–Trinajstić information content (AvgIpc) is 2.37. The summed E-state index contributed by atoms with van der Waals surface area (Å²) < 4.78 is 26.6. The summed E-state index contributed by atoms with van der Waals surface area (Å²) in [5.74, 6) is 0.170. The van der Waals surface area contributed by atoms with Crippen LogP contribution in [0.5, 0.6) is 0 Å². The van der Waals surface area contributed by atoms with Gasteiger partial charge in [-0.2, -0.15) is 0 Å². The molecule has 0 aromatic heterocycles. The van der Waals surface area contributed by atoms with Crippen molar-refractivity contribution >= 4 is 15.7 Å². The summed E-state index contributed by atoms with van der Waals surface area (Å²) >= 11 is 0. The number of unbranched alkanes of at least 4 members (excludes halogenated alkanes) is 1. The van der Waals surface area contributed by atoms with Crippen LogP contribution in [0, 0.1) is 0 Å². The van der Waals surface area contributed by atoms with Crippen molar-refractivity contribution in [3.8, 4) is 0 Å². The van der Waals surface area contributed by atoms with Crippen LogP contribution in [0.3, 0.4) is 0 Å². The second-order valence-corrected chi connectivity index (χ2v) is 7.13. The molecule has 0 spiro atoms. The van der Waals surface area contributed by atoms with E-state index in [9.17, 15) is 8.42 Å². The third-order valence-corrected chi connectivity index (χ3v) is 4.37. The number of hydrogen-bond donors (Lipinski definition) is 2. The number of aryl methyl sites for hydroxylation is 1. The maximum Gasteiger partial charge on any atom is 0.232 e. The second kappa shape index (κ2) is 8.27. The fraction of sp³-hybridized carbons (Fsp3) is 0.600. The van der Waals surface area contributed by atoms with Gasteiger partial charge in [-0.25, -0.2) is 8.42 Å².